The average Bonchev–Trinajstić information content (AvgIpc) is 3.24. The lowest BCUT2D eigenvalue weighted by Gasteiger charge is -2.32. The first kappa shape index (κ1) is 14.8. The number of anilines is 1. The fourth-order valence-corrected chi connectivity index (χ4v) is 4.55. The molecule has 0 spiro atoms. The summed E-state index contributed by atoms with van der Waals surface area (Å²) in [7, 11) is 0. The van der Waals surface area contributed by atoms with Crippen molar-refractivity contribution < 1.29 is 0 Å². The molecule has 0 atom stereocenters. The maximum absolute atomic E-state index is 4.57. The monoisotopic (exact) mass is 350 g/mol. The minimum absolute atomic E-state index is 0.440. The highest BCUT2D eigenvalue weighted by Crippen LogP contribution is 2.34. The minimum atomic E-state index is 0.440. The molecule has 7 heteroatoms. The summed E-state index contributed by atoms with van der Waals surface area (Å²) in [6.45, 7) is 4.08. The van der Waals surface area contributed by atoms with Crippen LogP contribution >= 0.6 is 11.3 Å². The molecule has 1 aliphatic rings. The zero-order valence-corrected chi connectivity index (χ0v) is 14.8. The Labute approximate surface area is 149 Å². The number of hydrogen-bond donors (Lipinski definition) is 0. The van der Waals surface area contributed by atoms with Crippen LogP contribution in [0, 0.1) is 6.92 Å². The summed E-state index contributed by atoms with van der Waals surface area (Å²) in [6.07, 6.45) is 5.86. The van der Waals surface area contributed by atoms with Gasteiger partial charge in [-0.05, 0) is 38.0 Å². The van der Waals surface area contributed by atoms with E-state index in [1.807, 2.05) is 18.2 Å². The quantitative estimate of drug-likeness (QED) is 0.554. The van der Waals surface area contributed by atoms with Gasteiger partial charge in [-0.25, -0.2) is 9.97 Å². The van der Waals surface area contributed by atoms with E-state index in [0.29, 0.717) is 5.92 Å². The molecule has 0 N–H and O–H groups in total. The highest BCUT2D eigenvalue weighted by Gasteiger charge is 2.26. The first-order valence-corrected chi connectivity index (χ1v) is 9.37. The molecule has 0 radical (unpaired) electrons. The van der Waals surface area contributed by atoms with Gasteiger partial charge in [0.1, 0.15) is 22.8 Å². The Morgan fingerprint density at radius 2 is 2.00 bits per heavy atom. The summed E-state index contributed by atoms with van der Waals surface area (Å²) in [5.41, 5.74) is 0.922. The number of aromatic nitrogens is 5. The zero-order valence-electron chi connectivity index (χ0n) is 14.0. The van der Waals surface area contributed by atoms with Crippen LogP contribution in [0.2, 0.25) is 0 Å². The number of rotatable bonds is 2. The zero-order chi connectivity index (χ0) is 16.8. The van der Waals surface area contributed by atoms with E-state index in [-0.39, 0.29) is 0 Å². The molecule has 0 saturated carbocycles. The van der Waals surface area contributed by atoms with Crippen molar-refractivity contribution in [2.24, 2.45) is 0 Å². The molecule has 0 aliphatic carbocycles. The van der Waals surface area contributed by atoms with E-state index in [9.17, 15) is 0 Å². The van der Waals surface area contributed by atoms with E-state index in [1.54, 1.807) is 17.7 Å². The molecule has 1 fully saturated rings. The van der Waals surface area contributed by atoms with Crippen molar-refractivity contribution in [3.05, 3.63) is 47.5 Å². The second-order valence-corrected chi connectivity index (χ2v) is 7.76. The first-order valence-electron chi connectivity index (χ1n) is 8.55. The van der Waals surface area contributed by atoms with Gasteiger partial charge in [-0.1, -0.05) is 6.07 Å². The van der Waals surface area contributed by atoms with Crippen molar-refractivity contribution in [3.63, 3.8) is 0 Å². The fraction of sp³-hybridized carbons (Fsp3) is 0.333. The van der Waals surface area contributed by atoms with Crippen molar-refractivity contribution in [3.8, 4) is 0 Å². The summed E-state index contributed by atoms with van der Waals surface area (Å²) in [5.74, 6) is 2.59. The highest BCUT2D eigenvalue weighted by atomic mass is 32.1. The molecule has 4 aromatic heterocycles. The molecule has 0 bridgehead atoms. The summed E-state index contributed by atoms with van der Waals surface area (Å²) >= 11 is 1.73. The third-order valence-corrected chi connectivity index (χ3v) is 5.89. The first-order chi connectivity index (χ1) is 12.3. The second kappa shape index (κ2) is 5.77. The molecule has 0 aromatic carbocycles. The van der Waals surface area contributed by atoms with E-state index in [4.69, 9.17) is 0 Å². The van der Waals surface area contributed by atoms with Crippen LogP contribution in [0.4, 0.5) is 5.82 Å². The van der Waals surface area contributed by atoms with E-state index >= 15 is 0 Å². The van der Waals surface area contributed by atoms with Crippen LogP contribution in [0.1, 0.15) is 29.5 Å². The van der Waals surface area contributed by atoms with Crippen LogP contribution in [-0.4, -0.2) is 37.7 Å². The molecule has 0 unspecified atom stereocenters. The van der Waals surface area contributed by atoms with Gasteiger partial charge in [-0.2, -0.15) is 0 Å². The van der Waals surface area contributed by atoms with E-state index in [0.717, 1.165) is 48.1 Å². The van der Waals surface area contributed by atoms with Gasteiger partial charge >= 0.3 is 0 Å². The fourth-order valence-electron chi connectivity index (χ4n) is 3.70. The predicted octanol–water partition coefficient (Wildman–Crippen LogP) is 3.43. The van der Waals surface area contributed by atoms with Gasteiger partial charge in [0.2, 0.25) is 0 Å². The third-order valence-electron chi connectivity index (χ3n) is 4.93. The van der Waals surface area contributed by atoms with Crippen molar-refractivity contribution in [1.29, 1.82) is 0 Å². The number of thiophene rings is 1. The van der Waals surface area contributed by atoms with Crippen molar-refractivity contribution in [1.82, 2.24) is 24.6 Å². The summed E-state index contributed by atoms with van der Waals surface area (Å²) in [4.78, 5) is 13.7. The normalized spacial score (nSPS) is 16.1. The van der Waals surface area contributed by atoms with Crippen LogP contribution in [0.25, 0.3) is 15.9 Å². The Hall–Kier alpha value is -2.54. The number of pyridine rings is 1. The molecule has 5 rings (SSSR count). The Bertz CT molecular complexity index is 1040. The van der Waals surface area contributed by atoms with E-state index in [1.165, 1.54) is 10.3 Å². The molecule has 5 heterocycles. The molecule has 6 nitrogen and oxygen atoms in total. The largest absolute Gasteiger partial charge is 0.356 e. The molecule has 25 heavy (non-hydrogen) atoms. The number of fused-ring (bicyclic) bond motifs is 2. The standard InChI is InChI=1S/C18H18N6S/c1-12-10-14-17(19-11-20-18(14)25-12)23-8-5-13(6-9-23)16-22-21-15-4-2-3-7-24(15)16/h2-4,7,10-11,13H,5-6,8-9H2,1H3. The second-order valence-electron chi connectivity index (χ2n) is 6.52. The van der Waals surface area contributed by atoms with Gasteiger partial charge in [-0.15, -0.1) is 21.5 Å². The average molecular weight is 350 g/mol. The molecule has 4 aromatic rings. The van der Waals surface area contributed by atoms with Crippen LogP contribution in [-0.2, 0) is 0 Å². The lowest BCUT2D eigenvalue weighted by molar-refractivity contribution is 0.481. The van der Waals surface area contributed by atoms with Crippen molar-refractivity contribution in [2.45, 2.75) is 25.7 Å². The third kappa shape index (κ3) is 2.46. The van der Waals surface area contributed by atoms with Gasteiger partial charge in [0.25, 0.3) is 0 Å². The molecule has 0 amide bonds. The Morgan fingerprint density at radius 3 is 2.88 bits per heavy atom. The van der Waals surface area contributed by atoms with E-state index in [2.05, 4.69) is 48.7 Å². The summed E-state index contributed by atoms with van der Waals surface area (Å²) in [5, 5.41) is 9.91. The maximum atomic E-state index is 4.57. The van der Waals surface area contributed by atoms with Crippen molar-refractivity contribution >= 4 is 33.0 Å². The van der Waals surface area contributed by atoms with Crippen LogP contribution in [0.3, 0.4) is 0 Å². The van der Waals surface area contributed by atoms with Gasteiger partial charge in [0, 0.05) is 30.1 Å². The number of aryl methyl sites for hydroxylation is 1. The number of nitrogens with zero attached hydrogens (tertiary/aromatic N) is 6. The summed E-state index contributed by atoms with van der Waals surface area (Å²) < 4.78 is 2.12. The smallest absolute Gasteiger partial charge is 0.160 e. The molecular weight excluding hydrogens is 332 g/mol. The lowest BCUT2D eigenvalue weighted by Crippen LogP contribution is -2.34. The van der Waals surface area contributed by atoms with Crippen LogP contribution in [0.15, 0.2) is 36.8 Å². The van der Waals surface area contributed by atoms with Gasteiger partial charge < -0.3 is 4.90 Å². The SMILES string of the molecule is Cc1cc2c(N3CCC(c4nnc5ccccn45)CC3)ncnc2s1. The minimum Gasteiger partial charge on any atom is -0.356 e. The van der Waals surface area contributed by atoms with Crippen molar-refractivity contribution in [2.75, 3.05) is 18.0 Å². The van der Waals surface area contributed by atoms with Gasteiger partial charge in [0.05, 0.1) is 5.39 Å². The Kier molecular flexibility index (Phi) is 3.41. The number of piperidine rings is 1. The van der Waals surface area contributed by atoms with Gasteiger partial charge in [-0.3, -0.25) is 4.40 Å². The molecular formula is C18H18N6S. The lowest BCUT2D eigenvalue weighted by atomic mass is 9.96. The molecule has 1 aliphatic heterocycles. The Morgan fingerprint density at radius 1 is 1.12 bits per heavy atom. The van der Waals surface area contributed by atoms with Crippen LogP contribution < -0.4 is 4.90 Å². The topological polar surface area (TPSA) is 59.2 Å². The van der Waals surface area contributed by atoms with Crippen LogP contribution in [0.5, 0.6) is 0 Å². The Balaban J connectivity index is 1.41. The highest BCUT2D eigenvalue weighted by molar-refractivity contribution is 7.18. The predicted molar refractivity (Wildman–Crippen MR) is 99.3 cm³/mol. The number of hydrogen-bond acceptors (Lipinski definition) is 6. The maximum Gasteiger partial charge on any atom is 0.160 e. The van der Waals surface area contributed by atoms with Gasteiger partial charge in [0.15, 0.2) is 5.65 Å². The molecule has 1 saturated heterocycles. The molecule has 126 valence electrons. The summed E-state index contributed by atoms with van der Waals surface area (Å²) in [6, 6.07) is 8.24. The van der Waals surface area contributed by atoms with E-state index < -0.39 is 0 Å².